The van der Waals surface area contributed by atoms with E-state index in [0.717, 1.165) is 5.56 Å². The molecule has 1 N–H and O–H groups in total. The Hall–Kier alpha value is -3.03. The zero-order valence-electron chi connectivity index (χ0n) is 13.9. The van der Waals surface area contributed by atoms with Gasteiger partial charge in [0.1, 0.15) is 23.5 Å². The second-order valence-corrected chi connectivity index (χ2v) is 5.40. The molecule has 0 spiro atoms. The second kappa shape index (κ2) is 7.90. The Bertz CT molecular complexity index is 906. The van der Waals surface area contributed by atoms with Gasteiger partial charge in [0.05, 0.1) is 7.11 Å². The topological polar surface area (TPSA) is 56.3 Å². The van der Waals surface area contributed by atoms with Crippen LogP contribution in [-0.4, -0.2) is 30.2 Å². The molecule has 26 heavy (non-hydrogen) atoms. The van der Waals surface area contributed by atoms with Gasteiger partial charge in [-0.3, -0.25) is 0 Å². The number of methoxy groups -OCH3 is 1. The number of rotatable bonds is 7. The van der Waals surface area contributed by atoms with Gasteiger partial charge in [0.2, 0.25) is 0 Å². The molecule has 3 rings (SSSR count). The van der Waals surface area contributed by atoms with Crippen LogP contribution < -0.4 is 14.8 Å². The summed E-state index contributed by atoms with van der Waals surface area (Å²) in [7, 11) is 1.38. The van der Waals surface area contributed by atoms with Crippen molar-refractivity contribution in [2.45, 2.75) is 13.0 Å². The van der Waals surface area contributed by atoms with Gasteiger partial charge in [0, 0.05) is 11.9 Å². The summed E-state index contributed by atoms with van der Waals surface area (Å²) in [6, 6.07) is 9.48. The molecule has 0 amide bonds. The highest BCUT2D eigenvalue weighted by Gasteiger charge is 2.12. The summed E-state index contributed by atoms with van der Waals surface area (Å²) in [6.45, 7) is -2.47. The highest BCUT2D eigenvalue weighted by atomic mass is 19.3. The van der Waals surface area contributed by atoms with Gasteiger partial charge in [0.25, 0.3) is 0 Å². The van der Waals surface area contributed by atoms with E-state index in [0.29, 0.717) is 24.2 Å². The van der Waals surface area contributed by atoms with E-state index in [-0.39, 0.29) is 17.0 Å². The predicted molar refractivity (Wildman–Crippen MR) is 91.3 cm³/mol. The Balaban J connectivity index is 1.71. The maximum absolute atomic E-state index is 13.8. The molecule has 0 saturated carbocycles. The molecule has 0 saturated heterocycles. The lowest BCUT2D eigenvalue weighted by atomic mass is 10.1. The van der Waals surface area contributed by atoms with E-state index >= 15 is 0 Å². The summed E-state index contributed by atoms with van der Waals surface area (Å²) in [5.74, 6) is 0.304. The van der Waals surface area contributed by atoms with Crippen LogP contribution in [0.5, 0.6) is 11.5 Å². The third kappa shape index (κ3) is 3.96. The molecule has 0 atom stereocenters. The van der Waals surface area contributed by atoms with Crippen molar-refractivity contribution >= 4 is 16.7 Å². The number of alkyl halides is 2. The normalized spacial score (nSPS) is 11.0. The Morgan fingerprint density at radius 3 is 2.73 bits per heavy atom. The number of nitrogens with zero attached hydrogens (tertiary/aromatic N) is 2. The van der Waals surface area contributed by atoms with Crippen LogP contribution in [0.1, 0.15) is 5.56 Å². The molecule has 0 aliphatic carbocycles. The van der Waals surface area contributed by atoms with Crippen molar-refractivity contribution in [2.75, 3.05) is 19.0 Å². The van der Waals surface area contributed by atoms with Gasteiger partial charge >= 0.3 is 6.61 Å². The number of halogens is 3. The summed E-state index contributed by atoms with van der Waals surface area (Å²) in [6.07, 6.45) is 1.81. The highest BCUT2D eigenvalue weighted by molar-refractivity contribution is 5.89. The third-order valence-corrected chi connectivity index (χ3v) is 3.77. The van der Waals surface area contributed by atoms with Gasteiger partial charge in [-0.1, -0.05) is 12.1 Å². The van der Waals surface area contributed by atoms with Crippen LogP contribution in [0.3, 0.4) is 0 Å². The fourth-order valence-electron chi connectivity index (χ4n) is 2.58. The lowest BCUT2D eigenvalue weighted by Crippen LogP contribution is -2.08. The molecule has 0 aliphatic rings. The van der Waals surface area contributed by atoms with Crippen molar-refractivity contribution in [3.05, 3.63) is 54.1 Å². The summed E-state index contributed by atoms with van der Waals surface area (Å²) >= 11 is 0. The summed E-state index contributed by atoms with van der Waals surface area (Å²) in [5.41, 5.74) is 1.01. The van der Waals surface area contributed by atoms with Crippen molar-refractivity contribution in [1.82, 2.24) is 9.97 Å². The zero-order chi connectivity index (χ0) is 18.5. The standard InChI is InChI=1S/C18H16F3N3O2/c1-25-14-6-5-11(9-15(14)26-18(20)21)7-8-22-17-12-3-2-4-13(19)16(12)23-10-24-17/h2-6,9-10,18H,7-8H2,1H3,(H,22,23,24). The average Bonchev–Trinajstić information content (AvgIpc) is 2.62. The smallest absolute Gasteiger partial charge is 0.387 e. The van der Waals surface area contributed by atoms with E-state index in [2.05, 4.69) is 20.0 Å². The lowest BCUT2D eigenvalue weighted by Gasteiger charge is -2.12. The van der Waals surface area contributed by atoms with Gasteiger partial charge in [-0.05, 0) is 36.2 Å². The fourth-order valence-corrected chi connectivity index (χ4v) is 2.58. The van der Waals surface area contributed by atoms with Crippen molar-refractivity contribution in [1.29, 1.82) is 0 Å². The largest absolute Gasteiger partial charge is 0.493 e. The second-order valence-electron chi connectivity index (χ2n) is 5.40. The number of benzene rings is 2. The Kier molecular flexibility index (Phi) is 5.40. The van der Waals surface area contributed by atoms with Crippen LogP contribution in [0.15, 0.2) is 42.7 Å². The van der Waals surface area contributed by atoms with Crippen molar-refractivity contribution in [2.24, 2.45) is 0 Å². The minimum atomic E-state index is -2.93. The number of nitrogens with one attached hydrogen (secondary N) is 1. The van der Waals surface area contributed by atoms with Crippen LogP contribution >= 0.6 is 0 Å². The van der Waals surface area contributed by atoms with Crippen LogP contribution in [-0.2, 0) is 6.42 Å². The average molecular weight is 363 g/mol. The molecule has 8 heteroatoms. The van der Waals surface area contributed by atoms with Gasteiger partial charge in [-0.25, -0.2) is 14.4 Å². The number of hydrogen-bond acceptors (Lipinski definition) is 5. The Morgan fingerprint density at radius 2 is 1.96 bits per heavy atom. The van der Waals surface area contributed by atoms with Gasteiger partial charge in [0.15, 0.2) is 11.5 Å². The maximum atomic E-state index is 13.8. The first-order chi connectivity index (χ1) is 12.6. The zero-order valence-corrected chi connectivity index (χ0v) is 13.9. The molecule has 1 aromatic heterocycles. The van der Waals surface area contributed by atoms with E-state index in [4.69, 9.17) is 4.74 Å². The van der Waals surface area contributed by atoms with Gasteiger partial charge in [-0.15, -0.1) is 0 Å². The molecule has 2 aromatic carbocycles. The number of fused-ring (bicyclic) bond motifs is 1. The highest BCUT2D eigenvalue weighted by Crippen LogP contribution is 2.29. The first-order valence-electron chi connectivity index (χ1n) is 7.83. The SMILES string of the molecule is COc1ccc(CCNc2ncnc3c(F)cccc23)cc1OC(F)F. The van der Waals surface area contributed by atoms with E-state index in [1.807, 2.05) is 0 Å². The summed E-state index contributed by atoms with van der Waals surface area (Å²) < 4.78 is 48.2. The Morgan fingerprint density at radius 1 is 1.12 bits per heavy atom. The first-order valence-corrected chi connectivity index (χ1v) is 7.83. The van der Waals surface area contributed by atoms with Crippen molar-refractivity contribution < 1.29 is 22.6 Å². The number of ether oxygens (including phenoxy) is 2. The number of aromatic nitrogens is 2. The quantitative estimate of drug-likeness (QED) is 0.687. The molecule has 136 valence electrons. The van der Waals surface area contributed by atoms with Crippen LogP contribution in [0.4, 0.5) is 19.0 Å². The fraction of sp³-hybridized carbons (Fsp3) is 0.222. The van der Waals surface area contributed by atoms with Gasteiger partial charge < -0.3 is 14.8 Å². The summed E-state index contributed by atoms with van der Waals surface area (Å²) in [5, 5.41) is 3.69. The maximum Gasteiger partial charge on any atom is 0.387 e. The molecule has 1 heterocycles. The molecule has 0 radical (unpaired) electrons. The monoisotopic (exact) mass is 363 g/mol. The molecule has 3 aromatic rings. The molecule has 5 nitrogen and oxygen atoms in total. The van der Waals surface area contributed by atoms with E-state index in [9.17, 15) is 13.2 Å². The third-order valence-electron chi connectivity index (χ3n) is 3.77. The van der Waals surface area contributed by atoms with E-state index in [1.165, 1.54) is 25.6 Å². The number of hydrogen-bond donors (Lipinski definition) is 1. The molecule has 0 bridgehead atoms. The summed E-state index contributed by atoms with van der Waals surface area (Å²) in [4.78, 5) is 8.07. The lowest BCUT2D eigenvalue weighted by molar-refractivity contribution is -0.0512. The molecule has 0 aliphatic heterocycles. The predicted octanol–water partition coefficient (Wildman–Crippen LogP) is 4.03. The minimum absolute atomic E-state index is 0.0189. The van der Waals surface area contributed by atoms with Crippen molar-refractivity contribution in [3.63, 3.8) is 0 Å². The number of para-hydroxylation sites is 1. The molecular formula is C18H16F3N3O2. The van der Waals surface area contributed by atoms with Crippen LogP contribution in [0, 0.1) is 5.82 Å². The van der Waals surface area contributed by atoms with E-state index < -0.39 is 12.4 Å². The van der Waals surface area contributed by atoms with Crippen LogP contribution in [0.2, 0.25) is 0 Å². The van der Waals surface area contributed by atoms with Gasteiger partial charge in [-0.2, -0.15) is 8.78 Å². The molecular weight excluding hydrogens is 347 g/mol. The first kappa shape index (κ1) is 17.8. The Labute approximate surface area is 147 Å². The number of anilines is 1. The molecule has 0 fully saturated rings. The van der Waals surface area contributed by atoms with Crippen LogP contribution in [0.25, 0.3) is 10.9 Å². The van der Waals surface area contributed by atoms with E-state index in [1.54, 1.807) is 24.3 Å². The van der Waals surface area contributed by atoms with Crippen molar-refractivity contribution in [3.8, 4) is 11.5 Å². The minimum Gasteiger partial charge on any atom is -0.493 e. The molecule has 0 unspecified atom stereocenters.